The van der Waals surface area contributed by atoms with Gasteiger partial charge >= 0.3 is 6.18 Å². The summed E-state index contributed by atoms with van der Waals surface area (Å²) < 4.78 is 38.7. The Balaban J connectivity index is 1.50. The fourth-order valence-corrected chi connectivity index (χ4v) is 4.31. The largest absolute Gasteiger partial charge is 0.416 e. The lowest BCUT2D eigenvalue weighted by molar-refractivity contribution is -0.137. The lowest BCUT2D eigenvalue weighted by Crippen LogP contribution is -2.41. The Kier molecular flexibility index (Phi) is 5.51. The number of piperidine rings is 1. The first kappa shape index (κ1) is 20.4. The maximum atomic E-state index is 12.9. The number of hydrogen-bond donors (Lipinski definition) is 2. The van der Waals surface area contributed by atoms with Crippen molar-refractivity contribution in [2.24, 2.45) is 5.92 Å². The summed E-state index contributed by atoms with van der Waals surface area (Å²) in [7, 11) is 1.97. The molecule has 0 aliphatic carbocycles. The molecule has 1 aliphatic heterocycles. The van der Waals surface area contributed by atoms with Gasteiger partial charge in [0.1, 0.15) is 0 Å². The highest BCUT2D eigenvalue weighted by Crippen LogP contribution is 2.36. The topological polar surface area (TPSA) is 61.0 Å². The van der Waals surface area contributed by atoms with Crippen LogP contribution in [0.3, 0.4) is 0 Å². The molecule has 1 aliphatic rings. The molecule has 0 radical (unpaired) electrons. The van der Waals surface area contributed by atoms with E-state index in [1.54, 1.807) is 12.1 Å². The number of hydrogen-bond acceptors (Lipinski definition) is 3. The van der Waals surface area contributed by atoms with Crippen molar-refractivity contribution in [3.8, 4) is 0 Å². The van der Waals surface area contributed by atoms with Gasteiger partial charge in [-0.2, -0.15) is 18.3 Å². The second-order valence-corrected chi connectivity index (χ2v) is 7.78. The molecule has 2 unspecified atom stereocenters. The second kappa shape index (κ2) is 8.10. The number of carbonyl (C=O) groups excluding carboxylic acids is 1. The SMILES string of the molecule is CN1CCCC(CNC(=O)c2n[nH]c3ccccc23)C1c1ccc(C(F)(F)F)cc1. The summed E-state index contributed by atoms with van der Waals surface area (Å²) in [5, 5.41) is 10.7. The molecule has 1 aromatic heterocycles. The molecule has 0 saturated carbocycles. The van der Waals surface area contributed by atoms with Crippen molar-refractivity contribution in [3.63, 3.8) is 0 Å². The van der Waals surface area contributed by atoms with Gasteiger partial charge in [-0.25, -0.2) is 0 Å². The highest BCUT2D eigenvalue weighted by molar-refractivity contribution is 6.04. The number of carbonyl (C=O) groups is 1. The number of nitrogens with one attached hydrogen (secondary N) is 2. The van der Waals surface area contributed by atoms with Crippen molar-refractivity contribution in [2.45, 2.75) is 25.1 Å². The van der Waals surface area contributed by atoms with Crippen LogP contribution >= 0.6 is 0 Å². The number of likely N-dealkylation sites (tertiary alicyclic amines) is 1. The summed E-state index contributed by atoms with van der Waals surface area (Å²) in [6, 6.07) is 12.7. The zero-order valence-electron chi connectivity index (χ0n) is 16.5. The van der Waals surface area contributed by atoms with Crippen LogP contribution in [0.5, 0.6) is 0 Å². The normalized spacial score (nSPS) is 20.4. The van der Waals surface area contributed by atoms with E-state index in [0.29, 0.717) is 12.2 Å². The molecule has 2 aromatic carbocycles. The smallest absolute Gasteiger partial charge is 0.350 e. The first-order valence-electron chi connectivity index (χ1n) is 9.93. The van der Waals surface area contributed by atoms with Gasteiger partial charge in [-0.05, 0) is 56.1 Å². The summed E-state index contributed by atoms with van der Waals surface area (Å²) in [6.45, 7) is 1.29. The van der Waals surface area contributed by atoms with Gasteiger partial charge < -0.3 is 5.32 Å². The third kappa shape index (κ3) is 4.05. The molecular formula is C22H23F3N4O. The summed E-state index contributed by atoms with van der Waals surface area (Å²) in [5.74, 6) is -0.165. The molecular weight excluding hydrogens is 393 g/mol. The number of amides is 1. The highest BCUT2D eigenvalue weighted by atomic mass is 19.4. The van der Waals surface area contributed by atoms with E-state index in [2.05, 4.69) is 20.4 Å². The van der Waals surface area contributed by atoms with Crippen LogP contribution in [-0.2, 0) is 6.18 Å². The Bertz CT molecular complexity index is 1030. The molecule has 2 atom stereocenters. The lowest BCUT2D eigenvalue weighted by Gasteiger charge is -2.39. The number of para-hydroxylation sites is 1. The first-order chi connectivity index (χ1) is 14.3. The van der Waals surface area contributed by atoms with Crippen LogP contribution in [0.25, 0.3) is 10.9 Å². The van der Waals surface area contributed by atoms with Crippen LogP contribution in [0.2, 0.25) is 0 Å². The summed E-state index contributed by atoms with van der Waals surface area (Å²) in [6.07, 6.45) is -2.49. The van der Waals surface area contributed by atoms with Gasteiger partial charge in [0, 0.05) is 18.0 Å². The Morgan fingerprint density at radius 1 is 1.20 bits per heavy atom. The van der Waals surface area contributed by atoms with Gasteiger partial charge in [0.15, 0.2) is 5.69 Å². The van der Waals surface area contributed by atoms with Crippen LogP contribution in [-0.4, -0.2) is 41.1 Å². The zero-order valence-corrected chi connectivity index (χ0v) is 16.5. The molecule has 158 valence electrons. The van der Waals surface area contributed by atoms with E-state index < -0.39 is 11.7 Å². The summed E-state index contributed by atoms with van der Waals surface area (Å²) in [4.78, 5) is 14.9. The second-order valence-electron chi connectivity index (χ2n) is 7.78. The van der Waals surface area contributed by atoms with Gasteiger partial charge in [-0.3, -0.25) is 14.8 Å². The van der Waals surface area contributed by atoms with E-state index in [0.717, 1.165) is 48.0 Å². The number of rotatable bonds is 4. The number of alkyl halides is 3. The van der Waals surface area contributed by atoms with E-state index in [1.165, 1.54) is 0 Å². The lowest BCUT2D eigenvalue weighted by atomic mass is 9.84. The number of H-pyrrole nitrogens is 1. The minimum Gasteiger partial charge on any atom is -0.350 e. The van der Waals surface area contributed by atoms with E-state index in [4.69, 9.17) is 0 Å². The molecule has 3 aromatic rings. The first-order valence-corrected chi connectivity index (χ1v) is 9.93. The number of fused-ring (bicyclic) bond motifs is 1. The minimum atomic E-state index is -4.35. The fraction of sp³-hybridized carbons (Fsp3) is 0.364. The Morgan fingerprint density at radius 3 is 2.67 bits per heavy atom. The third-order valence-electron chi connectivity index (χ3n) is 5.80. The third-order valence-corrected chi connectivity index (χ3v) is 5.80. The maximum absolute atomic E-state index is 12.9. The maximum Gasteiger partial charge on any atom is 0.416 e. The predicted octanol–water partition coefficient (Wildman–Crippen LogP) is 4.39. The molecule has 5 nitrogen and oxygen atoms in total. The number of halogens is 3. The zero-order chi connectivity index (χ0) is 21.3. The van der Waals surface area contributed by atoms with Crippen LogP contribution < -0.4 is 5.32 Å². The molecule has 1 fully saturated rings. The van der Waals surface area contributed by atoms with Crippen LogP contribution in [0, 0.1) is 5.92 Å². The van der Waals surface area contributed by atoms with Gasteiger partial charge in [-0.15, -0.1) is 0 Å². The average molecular weight is 416 g/mol. The Hall–Kier alpha value is -2.87. The van der Waals surface area contributed by atoms with Crippen LogP contribution in [0.15, 0.2) is 48.5 Å². The fourth-order valence-electron chi connectivity index (χ4n) is 4.31. The molecule has 4 rings (SSSR count). The monoisotopic (exact) mass is 416 g/mol. The minimum absolute atomic E-state index is 0.0581. The number of nitrogens with zero attached hydrogens (tertiary/aromatic N) is 2. The molecule has 2 heterocycles. The summed E-state index contributed by atoms with van der Waals surface area (Å²) in [5.41, 5.74) is 1.32. The van der Waals surface area contributed by atoms with E-state index in [9.17, 15) is 18.0 Å². The Morgan fingerprint density at radius 2 is 1.93 bits per heavy atom. The molecule has 0 bridgehead atoms. The van der Waals surface area contributed by atoms with E-state index in [-0.39, 0.29) is 17.9 Å². The molecule has 2 N–H and O–H groups in total. The van der Waals surface area contributed by atoms with Gasteiger partial charge in [0.2, 0.25) is 0 Å². The van der Waals surface area contributed by atoms with E-state index >= 15 is 0 Å². The van der Waals surface area contributed by atoms with Crippen molar-refractivity contribution in [2.75, 3.05) is 20.1 Å². The van der Waals surface area contributed by atoms with Crippen LogP contribution in [0.1, 0.15) is 40.5 Å². The predicted molar refractivity (Wildman–Crippen MR) is 108 cm³/mol. The number of aromatic amines is 1. The van der Waals surface area contributed by atoms with Crippen molar-refractivity contribution < 1.29 is 18.0 Å². The molecule has 8 heteroatoms. The number of aromatic nitrogens is 2. The standard InChI is InChI=1S/C22H23F3N4O/c1-29-12-4-5-15(20(29)14-8-10-16(11-9-14)22(23,24)25)13-26-21(30)19-17-6-2-3-7-18(17)27-28-19/h2-3,6-11,15,20H,4-5,12-13H2,1H3,(H,26,30)(H,27,28). The molecule has 0 spiro atoms. The van der Waals surface area contributed by atoms with Gasteiger partial charge in [-0.1, -0.05) is 30.3 Å². The van der Waals surface area contributed by atoms with Crippen molar-refractivity contribution in [1.29, 1.82) is 0 Å². The van der Waals surface area contributed by atoms with Crippen molar-refractivity contribution in [3.05, 3.63) is 65.4 Å². The molecule has 1 saturated heterocycles. The molecule has 30 heavy (non-hydrogen) atoms. The van der Waals surface area contributed by atoms with Crippen molar-refractivity contribution in [1.82, 2.24) is 20.4 Å². The van der Waals surface area contributed by atoms with E-state index in [1.807, 2.05) is 31.3 Å². The van der Waals surface area contributed by atoms with Gasteiger partial charge in [0.25, 0.3) is 5.91 Å². The Labute approximate surface area is 172 Å². The van der Waals surface area contributed by atoms with Gasteiger partial charge in [0.05, 0.1) is 11.1 Å². The summed E-state index contributed by atoms with van der Waals surface area (Å²) >= 11 is 0. The average Bonchev–Trinajstić information content (AvgIpc) is 3.16. The van der Waals surface area contributed by atoms with Crippen LogP contribution in [0.4, 0.5) is 13.2 Å². The number of benzene rings is 2. The molecule has 1 amide bonds. The quantitative estimate of drug-likeness (QED) is 0.663. The van der Waals surface area contributed by atoms with Crippen molar-refractivity contribution >= 4 is 16.8 Å². The highest BCUT2D eigenvalue weighted by Gasteiger charge is 2.33.